The Balaban J connectivity index is 4.17. The molecule has 2 amide bonds. The molecule has 0 spiro atoms. The van der Waals surface area contributed by atoms with E-state index in [1.807, 2.05) is 0 Å². The summed E-state index contributed by atoms with van der Waals surface area (Å²) in [6.45, 7) is 1.59. The second-order valence-corrected chi connectivity index (χ2v) is 6.20. The number of nitrogens with one attached hydrogen (secondary N) is 2. The van der Waals surface area contributed by atoms with Crippen molar-refractivity contribution in [1.82, 2.24) is 10.6 Å². The lowest BCUT2D eigenvalue weighted by Gasteiger charge is -2.18. The first-order chi connectivity index (χ1) is 12.5. The van der Waals surface area contributed by atoms with Gasteiger partial charge in [0.05, 0.1) is 24.5 Å². The highest BCUT2D eigenvalue weighted by atomic mass is 16.4. The molecule has 0 aromatic carbocycles. The number of hydrogen-bond acceptors (Lipinski definition) is 7. The molecule has 0 aromatic rings. The fraction of sp³-hybridized carbons (Fsp3) is 0.688. The van der Waals surface area contributed by atoms with Crippen molar-refractivity contribution in [3.05, 3.63) is 0 Å². The van der Waals surface area contributed by atoms with Crippen LogP contribution in [0.25, 0.3) is 0 Å². The number of unbranched alkanes of at least 4 members (excludes halogenated alkanes) is 1. The molecule has 0 radical (unpaired) electrons. The maximum atomic E-state index is 11.8. The SMILES string of the molecule is CC(=O)C(CCCCNC(=O)C(N)CCC(=O)O)NC(=O)C(N)CC(=O)O. The van der Waals surface area contributed by atoms with Gasteiger partial charge in [-0.3, -0.25) is 24.0 Å². The van der Waals surface area contributed by atoms with E-state index >= 15 is 0 Å². The largest absolute Gasteiger partial charge is 0.481 e. The van der Waals surface area contributed by atoms with Crippen LogP contribution in [-0.2, 0) is 24.0 Å². The minimum absolute atomic E-state index is 0.0379. The number of aliphatic carboxylic acids is 2. The molecule has 3 atom stereocenters. The van der Waals surface area contributed by atoms with Crippen LogP contribution in [0, 0.1) is 0 Å². The van der Waals surface area contributed by atoms with Crippen LogP contribution in [0.5, 0.6) is 0 Å². The van der Waals surface area contributed by atoms with Gasteiger partial charge in [-0.05, 0) is 32.6 Å². The Morgan fingerprint density at radius 3 is 2.04 bits per heavy atom. The summed E-state index contributed by atoms with van der Waals surface area (Å²) in [6, 6.07) is -2.93. The summed E-state index contributed by atoms with van der Waals surface area (Å²) in [4.78, 5) is 56.1. The molecule has 0 aliphatic rings. The minimum Gasteiger partial charge on any atom is -0.481 e. The summed E-state index contributed by atoms with van der Waals surface area (Å²) in [5.41, 5.74) is 11.0. The first-order valence-corrected chi connectivity index (χ1v) is 8.57. The summed E-state index contributed by atoms with van der Waals surface area (Å²) in [7, 11) is 0. The van der Waals surface area contributed by atoms with Crippen LogP contribution in [0.2, 0.25) is 0 Å². The number of carbonyl (C=O) groups is 5. The van der Waals surface area contributed by atoms with Gasteiger partial charge in [0.1, 0.15) is 0 Å². The second kappa shape index (κ2) is 12.8. The van der Waals surface area contributed by atoms with Crippen LogP contribution in [0.1, 0.15) is 45.4 Å². The van der Waals surface area contributed by atoms with Crippen LogP contribution >= 0.6 is 0 Å². The molecule has 0 heterocycles. The number of Topliss-reactive ketones (excluding diaryl/α,β-unsaturated/α-hetero) is 1. The average Bonchev–Trinajstić information content (AvgIpc) is 2.56. The fourth-order valence-corrected chi connectivity index (χ4v) is 2.16. The molecule has 154 valence electrons. The first-order valence-electron chi connectivity index (χ1n) is 8.57. The number of nitrogens with two attached hydrogens (primary N) is 2. The molecule has 8 N–H and O–H groups in total. The third kappa shape index (κ3) is 11.7. The molecule has 0 aromatic heterocycles. The Bertz CT molecular complexity index is 553. The van der Waals surface area contributed by atoms with E-state index in [1.54, 1.807) is 0 Å². The van der Waals surface area contributed by atoms with Gasteiger partial charge in [-0.2, -0.15) is 0 Å². The van der Waals surface area contributed by atoms with Crippen molar-refractivity contribution in [2.24, 2.45) is 11.5 Å². The van der Waals surface area contributed by atoms with Gasteiger partial charge >= 0.3 is 11.9 Å². The molecule has 0 saturated heterocycles. The van der Waals surface area contributed by atoms with Crippen LogP contribution in [0.3, 0.4) is 0 Å². The molecule has 3 unspecified atom stereocenters. The van der Waals surface area contributed by atoms with Crippen molar-refractivity contribution < 1.29 is 34.2 Å². The molecule has 11 nitrogen and oxygen atoms in total. The first kappa shape index (κ1) is 24.5. The predicted octanol–water partition coefficient (Wildman–Crippen LogP) is -1.66. The van der Waals surface area contributed by atoms with E-state index in [0.29, 0.717) is 19.3 Å². The van der Waals surface area contributed by atoms with E-state index in [9.17, 15) is 24.0 Å². The van der Waals surface area contributed by atoms with Crippen molar-refractivity contribution in [1.29, 1.82) is 0 Å². The van der Waals surface area contributed by atoms with Gasteiger partial charge in [0.25, 0.3) is 0 Å². The lowest BCUT2D eigenvalue weighted by atomic mass is 10.0. The highest BCUT2D eigenvalue weighted by Crippen LogP contribution is 2.03. The summed E-state index contributed by atoms with van der Waals surface area (Å²) < 4.78 is 0. The monoisotopic (exact) mass is 388 g/mol. The van der Waals surface area contributed by atoms with Crippen molar-refractivity contribution in [3.63, 3.8) is 0 Å². The number of amides is 2. The summed E-state index contributed by atoms with van der Waals surface area (Å²) in [5, 5.41) is 22.2. The lowest BCUT2D eigenvalue weighted by molar-refractivity contribution is -0.140. The fourth-order valence-electron chi connectivity index (χ4n) is 2.16. The normalized spacial score (nSPS) is 13.9. The number of carboxylic acid groups (broad SMARTS) is 2. The van der Waals surface area contributed by atoms with Gasteiger partial charge in [-0.15, -0.1) is 0 Å². The smallest absolute Gasteiger partial charge is 0.305 e. The van der Waals surface area contributed by atoms with E-state index in [4.69, 9.17) is 21.7 Å². The highest BCUT2D eigenvalue weighted by Gasteiger charge is 2.22. The lowest BCUT2D eigenvalue weighted by Crippen LogP contribution is -2.48. The summed E-state index contributed by atoms with van der Waals surface area (Å²) in [5.74, 6) is -3.69. The maximum Gasteiger partial charge on any atom is 0.305 e. The molecule has 0 rings (SSSR count). The van der Waals surface area contributed by atoms with Crippen molar-refractivity contribution >= 4 is 29.5 Å². The quantitative estimate of drug-likeness (QED) is 0.188. The molecular weight excluding hydrogens is 360 g/mol. The number of carbonyl (C=O) groups excluding carboxylic acids is 3. The van der Waals surface area contributed by atoms with Crippen LogP contribution < -0.4 is 22.1 Å². The van der Waals surface area contributed by atoms with Crippen molar-refractivity contribution in [3.8, 4) is 0 Å². The van der Waals surface area contributed by atoms with Crippen molar-refractivity contribution in [2.75, 3.05) is 6.54 Å². The third-order valence-electron chi connectivity index (χ3n) is 3.76. The average molecular weight is 388 g/mol. The number of rotatable bonds is 14. The molecule has 0 aliphatic heterocycles. The van der Waals surface area contributed by atoms with Crippen LogP contribution in [0.4, 0.5) is 0 Å². The second-order valence-electron chi connectivity index (χ2n) is 6.20. The Morgan fingerprint density at radius 1 is 0.889 bits per heavy atom. The molecule has 0 aliphatic carbocycles. The van der Waals surface area contributed by atoms with E-state index in [0.717, 1.165) is 0 Å². The van der Waals surface area contributed by atoms with Gasteiger partial charge in [0, 0.05) is 13.0 Å². The number of hydrogen-bond donors (Lipinski definition) is 6. The summed E-state index contributed by atoms with van der Waals surface area (Å²) >= 11 is 0. The third-order valence-corrected chi connectivity index (χ3v) is 3.76. The zero-order valence-corrected chi connectivity index (χ0v) is 15.3. The van der Waals surface area contributed by atoms with E-state index in [-0.39, 0.29) is 25.2 Å². The number of carboxylic acids is 2. The zero-order valence-electron chi connectivity index (χ0n) is 15.3. The Hall–Kier alpha value is -2.53. The molecule has 0 bridgehead atoms. The molecule has 11 heteroatoms. The molecule has 0 fully saturated rings. The van der Waals surface area contributed by atoms with Gasteiger partial charge in [0.2, 0.25) is 11.8 Å². The Morgan fingerprint density at radius 2 is 1.52 bits per heavy atom. The minimum atomic E-state index is -1.24. The van der Waals surface area contributed by atoms with Gasteiger partial charge in [0.15, 0.2) is 5.78 Å². The summed E-state index contributed by atoms with van der Waals surface area (Å²) in [6.07, 6.45) is 0.628. The molecular formula is C16H28N4O7. The highest BCUT2D eigenvalue weighted by molar-refractivity contribution is 5.91. The topological polar surface area (TPSA) is 202 Å². The van der Waals surface area contributed by atoms with E-state index < -0.39 is 48.3 Å². The number of ketones is 1. The van der Waals surface area contributed by atoms with Crippen molar-refractivity contribution in [2.45, 2.75) is 63.6 Å². The standard InChI is InChI=1S/C16H28N4O7/c1-9(21)12(20-16(27)11(18)8-14(24)25)4-2-3-7-19-15(26)10(17)5-6-13(22)23/h10-12H,2-8,17-18H2,1H3,(H,19,26)(H,20,27)(H,22,23)(H,24,25). The van der Waals surface area contributed by atoms with E-state index in [2.05, 4.69) is 10.6 Å². The maximum absolute atomic E-state index is 11.8. The van der Waals surface area contributed by atoms with Gasteiger partial charge < -0.3 is 32.3 Å². The van der Waals surface area contributed by atoms with E-state index in [1.165, 1.54) is 6.92 Å². The Kier molecular flexibility index (Phi) is 11.6. The molecule has 0 saturated carbocycles. The van der Waals surface area contributed by atoms with Crippen LogP contribution in [-0.4, -0.2) is 64.4 Å². The van der Waals surface area contributed by atoms with Gasteiger partial charge in [-0.25, -0.2) is 0 Å². The predicted molar refractivity (Wildman–Crippen MR) is 94.5 cm³/mol. The van der Waals surface area contributed by atoms with Crippen LogP contribution in [0.15, 0.2) is 0 Å². The Labute approximate surface area is 156 Å². The zero-order chi connectivity index (χ0) is 21.0. The molecule has 27 heavy (non-hydrogen) atoms. The van der Waals surface area contributed by atoms with Gasteiger partial charge in [-0.1, -0.05) is 0 Å².